The van der Waals surface area contributed by atoms with Gasteiger partial charge in [0.05, 0.1) is 31.4 Å². The molecule has 0 amide bonds. The molecule has 0 atom stereocenters. The highest BCUT2D eigenvalue weighted by molar-refractivity contribution is 5.70. The molecule has 7 nitrogen and oxygen atoms in total. The Morgan fingerprint density at radius 2 is 1.75 bits per heavy atom. The molecule has 0 aliphatic rings. The average molecular weight is 457 g/mol. The molecule has 2 heterocycles. The van der Waals surface area contributed by atoms with Crippen LogP contribution in [-0.2, 0) is 0 Å². The molecule has 3 aromatic rings. The molecule has 0 spiro atoms. The summed E-state index contributed by atoms with van der Waals surface area (Å²) in [4.78, 5) is 15.6. The lowest BCUT2D eigenvalue weighted by atomic mass is 10.1. The number of aromatic nitrogens is 4. The van der Waals surface area contributed by atoms with E-state index in [0.29, 0.717) is 23.0 Å². The Labute approximate surface area is 180 Å². The van der Waals surface area contributed by atoms with Crippen LogP contribution in [0.15, 0.2) is 30.5 Å². The number of hydrogen-bond donors (Lipinski definition) is 2. The summed E-state index contributed by atoms with van der Waals surface area (Å²) >= 11 is 0. The van der Waals surface area contributed by atoms with E-state index in [4.69, 9.17) is 9.47 Å². The van der Waals surface area contributed by atoms with Crippen LogP contribution in [-0.4, -0.2) is 45.8 Å². The fourth-order valence-corrected chi connectivity index (χ4v) is 2.74. The molecule has 32 heavy (non-hydrogen) atoms. The van der Waals surface area contributed by atoms with Crippen molar-refractivity contribution in [2.24, 2.45) is 0 Å². The zero-order chi connectivity index (χ0) is 23.5. The van der Waals surface area contributed by atoms with Crippen LogP contribution in [0.4, 0.5) is 33.6 Å². The van der Waals surface area contributed by atoms with Crippen LogP contribution >= 0.6 is 0 Å². The summed E-state index contributed by atoms with van der Waals surface area (Å²) in [5, 5.41) is 2.93. The van der Waals surface area contributed by atoms with Crippen LogP contribution in [0.2, 0.25) is 0 Å². The van der Waals surface area contributed by atoms with E-state index in [-0.39, 0.29) is 11.8 Å². The van der Waals surface area contributed by atoms with Gasteiger partial charge in [0.25, 0.3) is 0 Å². The zero-order valence-electron chi connectivity index (χ0n) is 17.3. The van der Waals surface area contributed by atoms with Gasteiger partial charge in [0.15, 0.2) is 0 Å². The molecule has 0 bridgehead atoms. The quantitative estimate of drug-likeness (QED) is 0.452. The van der Waals surface area contributed by atoms with Crippen molar-refractivity contribution >= 4 is 11.6 Å². The van der Waals surface area contributed by atoms with Crippen molar-refractivity contribution < 1.29 is 31.4 Å². The first kappa shape index (κ1) is 23.2. The molecule has 172 valence electrons. The molecule has 0 unspecified atom stereocenters. The normalized spacial score (nSPS) is 12.0. The summed E-state index contributed by atoms with van der Waals surface area (Å²) in [6, 6.07) is 6.51. The van der Waals surface area contributed by atoms with E-state index in [9.17, 15) is 22.0 Å². The lowest BCUT2D eigenvalue weighted by Crippen LogP contribution is -2.37. The number of hydrogen-bond acceptors (Lipinski definition) is 6. The minimum Gasteiger partial charge on any atom is -0.496 e. The number of imidazole rings is 1. The van der Waals surface area contributed by atoms with E-state index in [1.54, 1.807) is 31.3 Å². The summed E-state index contributed by atoms with van der Waals surface area (Å²) in [6.45, 7) is 2.59. The molecule has 0 saturated carbocycles. The van der Waals surface area contributed by atoms with Gasteiger partial charge >= 0.3 is 12.1 Å². The highest BCUT2D eigenvalue weighted by atomic mass is 19.4. The predicted molar refractivity (Wildman–Crippen MR) is 106 cm³/mol. The number of methoxy groups -OCH3 is 1. The van der Waals surface area contributed by atoms with E-state index < -0.39 is 25.1 Å². The highest BCUT2D eigenvalue weighted by Gasteiger charge is 2.56. The number of ether oxygens (including phenoxy) is 2. The number of nitrogens with one attached hydrogen (secondary N) is 2. The number of rotatable bonds is 8. The van der Waals surface area contributed by atoms with Gasteiger partial charge in [-0.25, -0.2) is 9.97 Å². The monoisotopic (exact) mass is 457 g/mol. The third kappa shape index (κ3) is 5.42. The first-order valence-electron chi connectivity index (χ1n) is 9.39. The highest BCUT2D eigenvalue weighted by Crippen LogP contribution is 2.38. The van der Waals surface area contributed by atoms with Crippen LogP contribution in [0.3, 0.4) is 0 Å². The number of benzene rings is 1. The summed E-state index contributed by atoms with van der Waals surface area (Å²) in [5.41, 5.74) is 2.52. The van der Waals surface area contributed by atoms with Crippen LogP contribution < -0.4 is 14.8 Å². The first-order chi connectivity index (χ1) is 15.0. The molecular formula is C20H20F5N5O2. The van der Waals surface area contributed by atoms with E-state index in [0.717, 1.165) is 11.3 Å². The topological polar surface area (TPSA) is 84.9 Å². The third-order valence-corrected chi connectivity index (χ3v) is 4.33. The Hall–Kier alpha value is -3.44. The number of aromatic amines is 1. The molecular weight excluding hydrogens is 437 g/mol. The van der Waals surface area contributed by atoms with Gasteiger partial charge in [-0.2, -0.15) is 26.9 Å². The average Bonchev–Trinajstić information content (AvgIpc) is 3.12. The third-order valence-electron chi connectivity index (χ3n) is 4.33. The minimum absolute atomic E-state index is 0.0752. The Kier molecular flexibility index (Phi) is 6.51. The maximum Gasteiger partial charge on any atom is 0.453 e. The minimum atomic E-state index is -5.63. The Morgan fingerprint density at radius 3 is 2.38 bits per heavy atom. The second kappa shape index (κ2) is 8.97. The SMILES string of the molecule is COc1cc(Nc2nc(C)cc(OCCC(F)(F)C(F)(F)F)n2)ccc1-c1nc(C)c[nH]1. The fourth-order valence-electron chi connectivity index (χ4n) is 2.74. The maximum atomic E-state index is 13.0. The Balaban J connectivity index is 1.73. The van der Waals surface area contributed by atoms with Gasteiger partial charge in [0.2, 0.25) is 11.8 Å². The van der Waals surface area contributed by atoms with E-state index in [1.165, 1.54) is 13.2 Å². The molecule has 3 rings (SSSR count). The van der Waals surface area contributed by atoms with Crippen LogP contribution in [0.1, 0.15) is 17.8 Å². The Bertz CT molecular complexity index is 1080. The molecule has 0 saturated heterocycles. The summed E-state index contributed by atoms with van der Waals surface area (Å²) in [5.74, 6) is -3.76. The van der Waals surface area contributed by atoms with Crippen molar-refractivity contribution in [2.75, 3.05) is 19.0 Å². The van der Waals surface area contributed by atoms with Crippen molar-refractivity contribution in [3.63, 3.8) is 0 Å². The van der Waals surface area contributed by atoms with Gasteiger partial charge in [0.1, 0.15) is 11.6 Å². The largest absolute Gasteiger partial charge is 0.496 e. The molecule has 0 radical (unpaired) electrons. The molecule has 2 N–H and O–H groups in total. The first-order valence-corrected chi connectivity index (χ1v) is 9.39. The van der Waals surface area contributed by atoms with Crippen molar-refractivity contribution in [1.82, 2.24) is 19.9 Å². The van der Waals surface area contributed by atoms with E-state index >= 15 is 0 Å². The van der Waals surface area contributed by atoms with Crippen LogP contribution in [0.5, 0.6) is 11.6 Å². The smallest absolute Gasteiger partial charge is 0.453 e. The second-order valence-electron chi connectivity index (χ2n) is 6.90. The van der Waals surface area contributed by atoms with Crippen LogP contribution in [0.25, 0.3) is 11.4 Å². The van der Waals surface area contributed by atoms with Crippen molar-refractivity contribution in [1.29, 1.82) is 0 Å². The molecule has 12 heteroatoms. The summed E-state index contributed by atoms with van der Waals surface area (Å²) in [6.07, 6.45) is -5.40. The van der Waals surface area contributed by atoms with Gasteiger partial charge in [-0.05, 0) is 26.0 Å². The van der Waals surface area contributed by atoms with E-state index in [2.05, 4.69) is 25.3 Å². The number of halogens is 5. The summed E-state index contributed by atoms with van der Waals surface area (Å²) < 4.78 is 73.3. The van der Waals surface area contributed by atoms with Crippen molar-refractivity contribution in [2.45, 2.75) is 32.4 Å². The van der Waals surface area contributed by atoms with E-state index in [1.807, 2.05) is 6.92 Å². The zero-order valence-corrected chi connectivity index (χ0v) is 17.3. The molecule has 0 fully saturated rings. The lowest BCUT2D eigenvalue weighted by Gasteiger charge is -2.19. The second-order valence-corrected chi connectivity index (χ2v) is 6.90. The molecule has 2 aromatic heterocycles. The molecule has 1 aromatic carbocycles. The number of H-pyrrole nitrogens is 1. The number of anilines is 2. The summed E-state index contributed by atoms with van der Waals surface area (Å²) in [7, 11) is 1.50. The standard InChI is InChI=1S/C20H20F5N5O2/c1-11-8-16(32-7-6-19(21,22)20(23,24)25)30-18(28-11)29-13-4-5-14(15(9-13)31-3)17-26-10-12(2)27-17/h4-5,8-10H,6-7H2,1-3H3,(H,26,27)(H,28,29,30). The number of aryl methyl sites for hydroxylation is 2. The van der Waals surface area contributed by atoms with Crippen molar-refractivity contribution in [3.05, 3.63) is 41.9 Å². The van der Waals surface area contributed by atoms with Gasteiger partial charge in [-0.3, -0.25) is 0 Å². The van der Waals surface area contributed by atoms with Gasteiger partial charge in [-0.15, -0.1) is 0 Å². The number of alkyl halides is 5. The number of nitrogens with zero attached hydrogens (tertiary/aromatic N) is 3. The van der Waals surface area contributed by atoms with Gasteiger partial charge in [-0.1, -0.05) is 0 Å². The van der Waals surface area contributed by atoms with Gasteiger partial charge in [0, 0.05) is 29.7 Å². The maximum absolute atomic E-state index is 13.0. The van der Waals surface area contributed by atoms with Gasteiger partial charge < -0.3 is 19.8 Å². The molecule has 0 aliphatic carbocycles. The van der Waals surface area contributed by atoms with Crippen LogP contribution in [0, 0.1) is 13.8 Å². The molecule has 0 aliphatic heterocycles. The van der Waals surface area contributed by atoms with Crippen molar-refractivity contribution in [3.8, 4) is 23.0 Å². The fraction of sp³-hybridized carbons (Fsp3) is 0.350. The Morgan fingerprint density at radius 1 is 1.00 bits per heavy atom. The lowest BCUT2D eigenvalue weighted by molar-refractivity contribution is -0.285. The predicted octanol–water partition coefficient (Wildman–Crippen LogP) is 5.20.